The van der Waals surface area contributed by atoms with Crippen LogP contribution in [0.25, 0.3) is 0 Å². The molecule has 0 bridgehead atoms. The summed E-state index contributed by atoms with van der Waals surface area (Å²) in [6, 6.07) is 19.4. The molecule has 0 radical (unpaired) electrons. The highest BCUT2D eigenvalue weighted by Crippen LogP contribution is 2.43. The molecule has 5 nitrogen and oxygen atoms in total. The Balaban J connectivity index is 1.52. The number of halogens is 1. The zero-order chi connectivity index (χ0) is 22.7. The molecule has 3 aromatic carbocycles. The smallest absolute Gasteiger partial charge is 0.238 e. The van der Waals surface area contributed by atoms with Crippen molar-refractivity contribution in [1.29, 1.82) is 0 Å². The molecular formula is C25H23FN2O3S. The highest BCUT2D eigenvalue weighted by molar-refractivity contribution is 8.00. The number of carbonyl (C=O) groups is 2. The maximum Gasteiger partial charge on any atom is 0.238 e. The van der Waals surface area contributed by atoms with Gasteiger partial charge in [0.05, 0.1) is 25.0 Å². The number of nitrogens with one attached hydrogen (secondary N) is 1. The van der Waals surface area contributed by atoms with Gasteiger partial charge in [0.25, 0.3) is 0 Å². The van der Waals surface area contributed by atoms with Crippen molar-refractivity contribution in [3.8, 4) is 5.75 Å². The van der Waals surface area contributed by atoms with Crippen molar-refractivity contribution in [2.24, 2.45) is 0 Å². The van der Waals surface area contributed by atoms with Crippen LogP contribution >= 0.6 is 11.8 Å². The number of hydrogen-bond donors (Lipinski definition) is 1. The minimum Gasteiger partial charge on any atom is -0.497 e. The average molecular weight is 451 g/mol. The molecule has 1 saturated heterocycles. The molecule has 32 heavy (non-hydrogen) atoms. The van der Waals surface area contributed by atoms with Gasteiger partial charge in [-0.2, -0.15) is 0 Å². The van der Waals surface area contributed by atoms with Gasteiger partial charge in [0.15, 0.2) is 0 Å². The second-order valence-electron chi connectivity index (χ2n) is 7.58. The molecule has 1 fully saturated rings. The van der Waals surface area contributed by atoms with Crippen molar-refractivity contribution in [3.63, 3.8) is 0 Å². The first-order chi connectivity index (χ1) is 15.4. The fourth-order valence-electron chi connectivity index (χ4n) is 3.64. The molecule has 1 heterocycles. The lowest BCUT2D eigenvalue weighted by atomic mass is 10.1. The van der Waals surface area contributed by atoms with Crippen LogP contribution in [0.1, 0.15) is 22.1 Å². The van der Waals surface area contributed by atoms with E-state index in [-0.39, 0.29) is 35.0 Å². The van der Waals surface area contributed by atoms with Gasteiger partial charge in [-0.15, -0.1) is 11.8 Å². The van der Waals surface area contributed by atoms with E-state index < -0.39 is 5.82 Å². The molecule has 1 aliphatic rings. The molecule has 3 aromatic rings. The molecule has 0 unspecified atom stereocenters. The monoisotopic (exact) mass is 450 g/mol. The van der Waals surface area contributed by atoms with E-state index in [1.165, 1.54) is 22.7 Å². The van der Waals surface area contributed by atoms with E-state index in [1.54, 1.807) is 25.3 Å². The molecule has 2 amide bonds. The molecule has 1 N–H and O–H groups in total. The minimum absolute atomic E-state index is 0.140. The Bertz CT molecular complexity index is 1150. The second-order valence-corrected chi connectivity index (χ2v) is 8.65. The topological polar surface area (TPSA) is 58.6 Å². The van der Waals surface area contributed by atoms with Crippen LogP contribution in [0.2, 0.25) is 0 Å². The van der Waals surface area contributed by atoms with Crippen molar-refractivity contribution in [2.45, 2.75) is 18.7 Å². The number of methoxy groups -OCH3 is 1. The summed E-state index contributed by atoms with van der Waals surface area (Å²) < 4.78 is 19.7. The molecule has 0 saturated carbocycles. The summed E-state index contributed by atoms with van der Waals surface area (Å²) >= 11 is 1.44. The molecule has 164 valence electrons. The molecule has 0 aliphatic carbocycles. The normalized spacial score (nSPS) is 15.7. The summed E-state index contributed by atoms with van der Waals surface area (Å²) in [5, 5.41) is 2.55. The molecule has 0 aromatic heterocycles. The highest BCUT2D eigenvalue weighted by atomic mass is 32.2. The van der Waals surface area contributed by atoms with Crippen LogP contribution in [-0.2, 0) is 16.0 Å². The fourth-order valence-corrected chi connectivity index (χ4v) is 4.80. The van der Waals surface area contributed by atoms with Crippen LogP contribution in [0.5, 0.6) is 5.75 Å². The summed E-state index contributed by atoms with van der Waals surface area (Å²) in [6.45, 7) is 1.87. The van der Waals surface area contributed by atoms with Crippen LogP contribution in [0.4, 0.5) is 15.8 Å². The third kappa shape index (κ3) is 4.78. The summed E-state index contributed by atoms with van der Waals surface area (Å²) in [5.74, 6) is 0.287. The van der Waals surface area contributed by atoms with Crippen LogP contribution in [-0.4, -0.2) is 24.7 Å². The average Bonchev–Trinajstić information content (AvgIpc) is 3.17. The van der Waals surface area contributed by atoms with Gasteiger partial charge in [0.1, 0.15) is 16.9 Å². The Hall–Kier alpha value is -3.32. The molecular weight excluding hydrogens is 427 g/mol. The predicted octanol–water partition coefficient (Wildman–Crippen LogP) is 5.10. The lowest BCUT2D eigenvalue weighted by molar-refractivity contribution is -0.116. The number of carbonyl (C=O) groups excluding carboxylic acids is 2. The third-order valence-electron chi connectivity index (χ3n) is 5.21. The Morgan fingerprint density at radius 1 is 1.16 bits per heavy atom. The van der Waals surface area contributed by atoms with Gasteiger partial charge in [-0.3, -0.25) is 14.5 Å². The highest BCUT2D eigenvalue weighted by Gasteiger charge is 2.35. The van der Waals surface area contributed by atoms with Gasteiger partial charge < -0.3 is 10.1 Å². The maximum absolute atomic E-state index is 14.5. The van der Waals surface area contributed by atoms with Crippen molar-refractivity contribution >= 4 is 35.0 Å². The van der Waals surface area contributed by atoms with E-state index in [1.807, 2.05) is 49.4 Å². The first-order valence-electron chi connectivity index (χ1n) is 10.2. The largest absolute Gasteiger partial charge is 0.497 e. The minimum atomic E-state index is -0.430. The zero-order valence-corrected chi connectivity index (χ0v) is 18.6. The molecule has 1 atom stereocenters. The van der Waals surface area contributed by atoms with Gasteiger partial charge in [-0.25, -0.2) is 4.39 Å². The number of aryl methyl sites for hydroxylation is 1. The summed E-state index contributed by atoms with van der Waals surface area (Å²) in [5.41, 5.74) is 3.48. The Labute approximate surface area is 190 Å². The summed E-state index contributed by atoms with van der Waals surface area (Å²) in [4.78, 5) is 26.6. The summed E-state index contributed by atoms with van der Waals surface area (Å²) in [6.07, 6.45) is 0.228. The number of hydrogen-bond acceptors (Lipinski definition) is 4. The number of rotatable bonds is 6. The first-order valence-corrected chi connectivity index (χ1v) is 11.2. The van der Waals surface area contributed by atoms with Crippen molar-refractivity contribution in [3.05, 3.63) is 89.2 Å². The standard InChI is InChI=1S/C25H23FN2O3S/c1-16-6-11-21(26)22(12-16)28-24(30)15-32-25(28)18-4-3-5-19(14-18)27-23(29)13-17-7-9-20(31-2)10-8-17/h3-12,14,25H,13,15H2,1-2H3,(H,27,29)/t25-/m0/s1. The van der Waals surface area contributed by atoms with E-state index in [0.29, 0.717) is 5.69 Å². The third-order valence-corrected chi connectivity index (χ3v) is 6.42. The van der Waals surface area contributed by atoms with E-state index >= 15 is 0 Å². The second kappa shape index (κ2) is 9.44. The number of nitrogens with zero attached hydrogens (tertiary/aromatic N) is 1. The number of thioether (sulfide) groups is 1. The van der Waals surface area contributed by atoms with E-state index in [2.05, 4.69) is 5.32 Å². The quantitative estimate of drug-likeness (QED) is 0.568. The lowest BCUT2D eigenvalue weighted by Crippen LogP contribution is -2.28. The molecule has 7 heteroatoms. The SMILES string of the molecule is COc1ccc(CC(=O)Nc2cccc([C@@H]3SCC(=O)N3c3cc(C)ccc3F)c2)cc1. The Morgan fingerprint density at radius 3 is 2.69 bits per heavy atom. The van der Waals surface area contributed by atoms with Gasteiger partial charge in [0.2, 0.25) is 11.8 Å². The predicted molar refractivity (Wildman–Crippen MR) is 126 cm³/mol. The van der Waals surface area contributed by atoms with Gasteiger partial charge in [-0.1, -0.05) is 30.3 Å². The van der Waals surface area contributed by atoms with E-state index in [0.717, 1.165) is 22.4 Å². The number of ether oxygens (including phenoxy) is 1. The number of anilines is 2. The number of amides is 2. The van der Waals surface area contributed by atoms with Gasteiger partial charge >= 0.3 is 0 Å². The molecule has 1 aliphatic heterocycles. The Morgan fingerprint density at radius 2 is 1.94 bits per heavy atom. The van der Waals surface area contributed by atoms with Crippen molar-refractivity contribution in [1.82, 2.24) is 0 Å². The van der Waals surface area contributed by atoms with Gasteiger partial charge in [-0.05, 0) is 60.0 Å². The van der Waals surface area contributed by atoms with Crippen molar-refractivity contribution in [2.75, 3.05) is 23.1 Å². The van der Waals surface area contributed by atoms with E-state index in [4.69, 9.17) is 4.74 Å². The molecule has 0 spiro atoms. The van der Waals surface area contributed by atoms with Crippen LogP contribution in [0.3, 0.4) is 0 Å². The van der Waals surface area contributed by atoms with Crippen LogP contribution in [0.15, 0.2) is 66.7 Å². The van der Waals surface area contributed by atoms with Crippen LogP contribution in [0, 0.1) is 12.7 Å². The lowest BCUT2D eigenvalue weighted by Gasteiger charge is -2.25. The molecule has 4 rings (SSSR count). The fraction of sp³-hybridized carbons (Fsp3) is 0.200. The van der Waals surface area contributed by atoms with E-state index in [9.17, 15) is 14.0 Å². The van der Waals surface area contributed by atoms with Crippen molar-refractivity contribution < 1.29 is 18.7 Å². The maximum atomic E-state index is 14.5. The number of benzene rings is 3. The zero-order valence-electron chi connectivity index (χ0n) is 17.8. The summed E-state index contributed by atoms with van der Waals surface area (Å²) in [7, 11) is 1.60. The Kier molecular flexibility index (Phi) is 6.46. The van der Waals surface area contributed by atoms with Crippen LogP contribution < -0.4 is 15.0 Å². The first kappa shape index (κ1) is 21.9. The van der Waals surface area contributed by atoms with Gasteiger partial charge in [0, 0.05) is 5.69 Å².